The van der Waals surface area contributed by atoms with E-state index in [1.165, 1.54) is 0 Å². The zero-order valence-electron chi connectivity index (χ0n) is 12.2. The second-order valence-corrected chi connectivity index (χ2v) is 5.06. The van der Waals surface area contributed by atoms with Crippen molar-refractivity contribution in [3.05, 3.63) is 54.4 Å². The molecule has 1 aromatic carbocycles. The van der Waals surface area contributed by atoms with Crippen molar-refractivity contribution in [3.63, 3.8) is 0 Å². The first-order valence-electron chi connectivity index (χ1n) is 7.22. The van der Waals surface area contributed by atoms with E-state index in [4.69, 9.17) is 9.47 Å². The molecule has 114 valence electrons. The van der Waals surface area contributed by atoms with Gasteiger partial charge in [-0.25, -0.2) is 9.97 Å². The van der Waals surface area contributed by atoms with Crippen LogP contribution < -0.4 is 14.8 Å². The molecule has 6 nitrogen and oxygen atoms in total. The maximum Gasteiger partial charge on any atom is 0.274 e. The highest BCUT2D eigenvalue weighted by Gasteiger charge is 2.14. The smallest absolute Gasteiger partial charge is 0.274 e. The van der Waals surface area contributed by atoms with Crippen molar-refractivity contribution < 1.29 is 14.3 Å². The molecule has 2 aromatic heterocycles. The maximum absolute atomic E-state index is 12.4. The Morgan fingerprint density at radius 1 is 1.04 bits per heavy atom. The van der Waals surface area contributed by atoms with Gasteiger partial charge in [0.05, 0.1) is 0 Å². The number of ether oxygens (including phenoxy) is 2. The number of benzene rings is 1. The fourth-order valence-electron chi connectivity index (χ4n) is 2.40. The number of pyridine rings is 2. The maximum atomic E-state index is 12.4. The fraction of sp³-hybridized carbons (Fsp3) is 0.118. The van der Waals surface area contributed by atoms with Gasteiger partial charge in [0.2, 0.25) is 0 Å². The molecule has 6 heteroatoms. The van der Waals surface area contributed by atoms with Gasteiger partial charge in [-0.05, 0) is 36.4 Å². The van der Waals surface area contributed by atoms with Crippen LogP contribution in [0.5, 0.6) is 11.5 Å². The number of aromatic nitrogens is 2. The molecule has 0 atom stereocenters. The quantitative estimate of drug-likeness (QED) is 0.788. The Labute approximate surface area is 132 Å². The van der Waals surface area contributed by atoms with E-state index in [2.05, 4.69) is 15.3 Å². The van der Waals surface area contributed by atoms with Gasteiger partial charge in [-0.2, -0.15) is 0 Å². The van der Waals surface area contributed by atoms with Crippen LogP contribution in [0.1, 0.15) is 10.5 Å². The van der Waals surface area contributed by atoms with Gasteiger partial charge in [0.15, 0.2) is 17.1 Å². The number of nitrogens with one attached hydrogen (secondary N) is 1. The summed E-state index contributed by atoms with van der Waals surface area (Å²) in [7, 11) is 0. The molecule has 23 heavy (non-hydrogen) atoms. The third-order valence-corrected chi connectivity index (χ3v) is 3.50. The minimum absolute atomic E-state index is 0.297. The summed E-state index contributed by atoms with van der Waals surface area (Å²) in [6.07, 6.45) is 1.65. The van der Waals surface area contributed by atoms with Gasteiger partial charge in [-0.15, -0.1) is 0 Å². The second kappa shape index (κ2) is 5.57. The molecule has 1 aliphatic heterocycles. The zero-order valence-corrected chi connectivity index (χ0v) is 12.2. The van der Waals surface area contributed by atoms with E-state index in [0.29, 0.717) is 41.7 Å². The summed E-state index contributed by atoms with van der Waals surface area (Å²) in [5.74, 6) is 1.01. The highest BCUT2D eigenvalue weighted by molar-refractivity contribution is 6.04. The Morgan fingerprint density at radius 2 is 1.91 bits per heavy atom. The number of fused-ring (bicyclic) bond motifs is 2. The number of carbonyl (C=O) groups is 1. The highest BCUT2D eigenvalue weighted by Crippen LogP contribution is 2.32. The van der Waals surface area contributed by atoms with Crippen molar-refractivity contribution in [2.45, 2.75) is 0 Å². The Balaban J connectivity index is 1.59. The Kier molecular flexibility index (Phi) is 3.27. The van der Waals surface area contributed by atoms with Crippen LogP contribution in [0.4, 0.5) is 5.69 Å². The van der Waals surface area contributed by atoms with E-state index in [9.17, 15) is 4.79 Å². The van der Waals surface area contributed by atoms with E-state index in [1.54, 1.807) is 30.5 Å². The van der Waals surface area contributed by atoms with Crippen molar-refractivity contribution in [1.82, 2.24) is 9.97 Å². The first-order chi connectivity index (χ1) is 11.3. The molecule has 0 radical (unpaired) electrons. The molecular formula is C17H13N3O3. The lowest BCUT2D eigenvalue weighted by atomic mass is 10.2. The minimum atomic E-state index is -0.297. The van der Waals surface area contributed by atoms with Gasteiger partial charge in [0.1, 0.15) is 18.9 Å². The molecule has 1 N–H and O–H groups in total. The van der Waals surface area contributed by atoms with Gasteiger partial charge >= 0.3 is 0 Å². The Bertz CT molecular complexity index is 895. The number of amides is 1. The van der Waals surface area contributed by atoms with Gasteiger partial charge in [0, 0.05) is 23.3 Å². The number of carbonyl (C=O) groups excluding carboxylic acids is 1. The molecule has 3 aromatic rings. The summed E-state index contributed by atoms with van der Waals surface area (Å²) in [5.41, 5.74) is 1.48. The topological polar surface area (TPSA) is 73.3 Å². The van der Waals surface area contributed by atoms with E-state index < -0.39 is 0 Å². The minimum Gasteiger partial charge on any atom is -0.486 e. The lowest BCUT2D eigenvalue weighted by Gasteiger charge is -2.18. The summed E-state index contributed by atoms with van der Waals surface area (Å²) in [6, 6.07) is 12.5. The van der Waals surface area contributed by atoms with Gasteiger partial charge < -0.3 is 14.8 Å². The van der Waals surface area contributed by atoms with Crippen molar-refractivity contribution in [3.8, 4) is 11.5 Å². The molecule has 4 rings (SSSR count). The summed E-state index contributed by atoms with van der Waals surface area (Å²) in [6.45, 7) is 1.04. The molecule has 0 saturated heterocycles. The van der Waals surface area contributed by atoms with Crippen molar-refractivity contribution >= 4 is 22.6 Å². The number of hydrogen-bond donors (Lipinski definition) is 1. The average molecular weight is 307 g/mol. The van der Waals surface area contributed by atoms with Crippen molar-refractivity contribution in [2.24, 2.45) is 0 Å². The average Bonchev–Trinajstić information content (AvgIpc) is 2.61. The van der Waals surface area contributed by atoms with Crippen molar-refractivity contribution in [1.29, 1.82) is 0 Å². The summed E-state index contributed by atoms with van der Waals surface area (Å²) < 4.78 is 11.0. The van der Waals surface area contributed by atoms with Crippen LogP contribution in [0.2, 0.25) is 0 Å². The van der Waals surface area contributed by atoms with Gasteiger partial charge in [-0.3, -0.25) is 4.79 Å². The molecule has 0 unspecified atom stereocenters. The van der Waals surface area contributed by atoms with Crippen LogP contribution in [0.3, 0.4) is 0 Å². The van der Waals surface area contributed by atoms with Crippen LogP contribution in [0, 0.1) is 0 Å². The molecule has 0 saturated carbocycles. The molecule has 1 aliphatic rings. The molecule has 0 fully saturated rings. The van der Waals surface area contributed by atoms with Crippen LogP contribution >= 0.6 is 0 Å². The Morgan fingerprint density at radius 3 is 2.83 bits per heavy atom. The molecule has 0 bridgehead atoms. The van der Waals surface area contributed by atoms with Crippen molar-refractivity contribution in [2.75, 3.05) is 18.5 Å². The van der Waals surface area contributed by atoms with Crippen LogP contribution in [-0.2, 0) is 0 Å². The van der Waals surface area contributed by atoms with Crippen LogP contribution in [0.15, 0.2) is 48.7 Å². The Hall–Kier alpha value is -3.15. The van der Waals surface area contributed by atoms with Crippen LogP contribution in [-0.4, -0.2) is 29.1 Å². The SMILES string of the molecule is O=C(Nc1ccc2c(c1)OCCO2)c1ccc2cccnc2n1. The van der Waals surface area contributed by atoms with E-state index in [1.807, 2.05) is 18.2 Å². The predicted octanol–water partition coefficient (Wildman–Crippen LogP) is 2.65. The number of anilines is 1. The lowest BCUT2D eigenvalue weighted by molar-refractivity contribution is 0.102. The molecule has 0 spiro atoms. The first-order valence-corrected chi connectivity index (χ1v) is 7.22. The molecular weight excluding hydrogens is 294 g/mol. The standard InChI is InChI=1S/C17H13N3O3/c21-17(13-5-3-11-2-1-7-18-16(11)20-13)19-12-4-6-14-15(10-12)23-9-8-22-14/h1-7,10H,8-9H2,(H,19,21). The highest BCUT2D eigenvalue weighted by atomic mass is 16.6. The molecule has 0 aliphatic carbocycles. The lowest BCUT2D eigenvalue weighted by Crippen LogP contribution is -2.17. The van der Waals surface area contributed by atoms with E-state index in [-0.39, 0.29) is 5.91 Å². The summed E-state index contributed by atoms with van der Waals surface area (Å²) >= 11 is 0. The third-order valence-electron chi connectivity index (χ3n) is 3.50. The van der Waals surface area contributed by atoms with Gasteiger partial charge in [0.25, 0.3) is 5.91 Å². The summed E-state index contributed by atoms with van der Waals surface area (Å²) in [5, 5.41) is 3.70. The fourth-order valence-corrected chi connectivity index (χ4v) is 2.40. The molecule has 3 heterocycles. The van der Waals surface area contributed by atoms with E-state index in [0.717, 1.165) is 5.39 Å². The zero-order chi connectivity index (χ0) is 15.6. The second-order valence-electron chi connectivity index (χ2n) is 5.06. The normalized spacial score (nSPS) is 12.9. The number of nitrogens with zero attached hydrogens (tertiary/aromatic N) is 2. The molecule has 1 amide bonds. The largest absolute Gasteiger partial charge is 0.486 e. The monoisotopic (exact) mass is 307 g/mol. The summed E-state index contributed by atoms with van der Waals surface area (Å²) in [4.78, 5) is 20.8. The first kappa shape index (κ1) is 13.5. The van der Waals surface area contributed by atoms with E-state index >= 15 is 0 Å². The third kappa shape index (κ3) is 2.66. The van der Waals surface area contributed by atoms with Crippen LogP contribution in [0.25, 0.3) is 11.0 Å². The predicted molar refractivity (Wildman–Crippen MR) is 84.9 cm³/mol. The van der Waals surface area contributed by atoms with Gasteiger partial charge in [-0.1, -0.05) is 0 Å². The number of rotatable bonds is 2. The number of hydrogen-bond acceptors (Lipinski definition) is 5.